The summed E-state index contributed by atoms with van der Waals surface area (Å²) in [7, 11) is 0. The number of para-hydroxylation sites is 2. The van der Waals surface area contributed by atoms with E-state index in [-0.39, 0.29) is 12.0 Å². The van der Waals surface area contributed by atoms with Crippen LogP contribution in [0.4, 0.5) is 5.69 Å². The van der Waals surface area contributed by atoms with Crippen molar-refractivity contribution in [3.05, 3.63) is 59.5 Å². The number of carbonyl (C=O) groups excluding carboxylic acids is 1. The number of amides is 1. The number of ether oxygens (including phenoxy) is 1. The molecule has 0 radical (unpaired) electrons. The van der Waals surface area contributed by atoms with Crippen molar-refractivity contribution in [1.82, 2.24) is 9.38 Å². The summed E-state index contributed by atoms with van der Waals surface area (Å²) in [4.78, 5) is 17.7. The SMILES string of the molecule is CCCc1nc2cc(C)ccn2c1C(=O)Nc1ccccc1OC(C)C. The molecule has 5 nitrogen and oxygen atoms in total. The second kappa shape index (κ2) is 7.60. The average molecular weight is 351 g/mol. The number of rotatable bonds is 6. The van der Waals surface area contributed by atoms with Crippen LogP contribution in [0.1, 0.15) is 48.9 Å². The molecule has 1 aromatic carbocycles. The maximum atomic E-state index is 13.1. The molecular weight excluding hydrogens is 326 g/mol. The molecule has 0 aliphatic rings. The molecule has 0 unspecified atom stereocenters. The van der Waals surface area contributed by atoms with Crippen LogP contribution in [0.5, 0.6) is 5.75 Å². The van der Waals surface area contributed by atoms with E-state index in [1.165, 1.54) is 0 Å². The molecule has 0 spiro atoms. The van der Waals surface area contributed by atoms with Crippen LogP contribution < -0.4 is 10.1 Å². The first kappa shape index (κ1) is 18.0. The Morgan fingerprint density at radius 1 is 1.27 bits per heavy atom. The van der Waals surface area contributed by atoms with Crippen LogP contribution in [0, 0.1) is 6.92 Å². The zero-order valence-electron chi connectivity index (χ0n) is 15.7. The van der Waals surface area contributed by atoms with Crippen LogP contribution in [0.15, 0.2) is 42.6 Å². The Morgan fingerprint density at radius 3 is 2.77 bits per heavy atom. The summed E-state index contributed by atoms with van der Waals surface area (Å²) in [6.45, 7) is 8.03. The molecule has 5 heteroatoms. The Morgan fingerprint density at radius 2 is 2.04 bits per heavy atom. The Hall–Kier alpha value is -2.82. The summed E-state index contributed by atoms with van der Waals surface area (Å²) < 4.78 is 7.67. The van der Waals surface area contributed by atoms with Crippen LogP contribution in [-0.2, 0) is 6.42 Å². The van der Waals surface area contributed by atoms with Crippen LogP contribution in [0.3, 0.4) is 0 Å². The first-order valence-electron chi connectivity index (χ1n) is 9.04. The van der Waals surface area contributed by atoms with Gasteiger partial charge in [-0.3, -0.25) is 9.20 Å². The summed E-state index contributed by atoms with van der Waals surface area (Å²) in [6.07, 6.45) is 3.62. The fourth-order valence-electron chi connectivity index (χ4n) is 2.95. The number of benzene rings is 1. The van der Waals surface area contributed by atoms with E-state index < -0.39 is 0 Å². The molecule has 0 fully saturated rings. The molecule has 0 atom stereocenters. The Balaban J connectivity index is 1.99. The number of nitrogens with zero attached hydrogens (tertiary/aromatic N) is 2. The van der Waals surface area contributed by atoms with Gasteiger partial charge >= 0.3 is 0 Å². The van der Waals surface area contributed by atoms with Crippen molar-refractivity contribution in [2.75, 3.05) is 5.32 Å². The van der Waals surface area contributed by atoms with E-state index in [1.54, 1.807) is 0 Å². The second-order valence-corrected chi connectivity index (χ2v) is 6.71. The lowest BCUT2D eigenvalue weighted by Gasteiger charge is -2.15. The van der Waals surface area contributed by atoms with E-state index in [0.717, 1.165) is 29.7 Å². The minimum Gasteiger partial charge on any atom is -0.489 e. The molecule has 0 aliphatic carbocycles. The lowest BCUT2D eigenvalue weighted by atomic mass is 10.2. The first-order chi connectivity index (χ1) is 12.5. The maximum absolute atomic E-state index is 13.1. The number of hydrogen-bond donors (Lipinski definition) is 1. The molecule has 0 saturated heterocycles. The third kappa shape index (κ3) is 3.72. The fraction of sp³-hybridized carbons (Fsp3) is 0.333. The number of aromatic nitrogens is 2. The van der Waals surface area contributed by atoms with Gasteiger partial charge in [-0.1, -0.05) is 25.5 Å². The number of hydrogen-bond acceptors (Lipinski definition) is 3. The lowest BCUT2D eigenvalue weighted by molar-refractivity contribution is 0.101. The van der Waals surface area contributed by atoms with Crippen molar-refractivity contribution in [3.63, 3.8) is 0 Å². The molecule has 2 heterocycles. The van der Waals surface area contributed by atoms with Crippen molar-refractivity contribution in [2.45, 2.75) is 46.6 Å². The van der Waals surface area contributed by atoms with Gasteiger partial charge in [-0.25, -0.2) is 4.98 Å². The highest BCUT2D eigenvalue weighted by atomic mass is 16.5. The van der Waals surface area contributed by atoms with E-state index in [4.69, 9.17) is 4.74 Å². The van der Waals surface area contributed by atoms with Crippen LogP contribution in [0.25, 0.3) is 5.65 Å². The van der Waals surface area contributed by atoms with Gasteiger partial charge in [0.2, 0.25) is 0 Å². The molecule has 1 amide bonds. The average Bonchev–Trinajstić information content (AvgIpc) is 2.93. The normalized spacial score (nSPS) is 11.1. The number of anilines is 1. The molecule has 0 bridgehead atoms. The topological polar surface area (TPSA) is 55.6 Å². The minimum absolute atomic E-state index is 0.0301. The Labute approximate surface area is 154 Å². The number of carbonyl (C=O) groups is 1. The Kier molecular flexibility index (Phi) is 5.26. The van der Waals surface area contributed by atoms with Crippen LogP contribution >= 0.6 is 0 Å². The minimum atomic E-state index is -0.176. The summed E-state index contributed by atoms with van der Waals surface area (Å²) in [5, 5.41) is 3.00. The second-order valence-electron chi connectivity index (χ2n) is 6.71. The van der Waals surface area contributed by atoms with Gasteiger partial charge in [0, 0.05) is 6.20 Å². The number of nitrogens with one attached hydrogen (secondary N) is 1. The maximum Gasteiger partial charge on any atom is 0.274 e. The summed E-state index contributed by atoms with van der Waals surface area (Å²) in [6, 6.07) is 11.5. The van der Waals surface area contributed by atoms with E-state index in [9.17, 15) is 4.79 Å². The summed E-state index contributed by atoms with van der Waals surface area (Å²) in [5.74, 6) is 0.488. The molecule has 3 rings (SSSR count). The molecule has 3 aromatic rings. The molecule has 1 N–H and O–H groups in total. The van der Waals surface area contributed by atoms with Crippen LogP contribution in [-0.4, -0.2) is 21.4 Å². The quantitative estimate of drug-likeness (QED) is 0.704. The zero-order chi connectivity index (χ0) is 18.7. The van der Waals surface area contributed by atoms with Crippen molar-refractivity contribution in [1.29, 1.82) is 0 Å². The third-order valence-corrected chi connectivity index (χ3v) is 4.05. The van der Waals surface area contributed by atoms with Gasteiger partial charge < -0.3 is 10.1 Å². The predicted molar refractivity (Wildman–Crippen MR) is 104 cm³/mol. The molecular formula is C21H25N3O2. The van der Waals surface area contributed by atoms with Gasteiger partial charge in [0.15, 0.2) is 0 Å². The molecule has 26 heavy (non-hydrogen) atoms. The lowest BCUT2D eigenvalue weighted by Crippen LogP contribution is -2.18. The number of fused-ring (bicyclic) bond motifs is 1. The zero-order valence-corrected chi connectivity index (χ0v) is 15.7. The highest BCUT2D eigenvalue weighted by Gasteiger charge is 2.20. The van der Waals surface area contributed by atoms with Crippen LogP contribution in [0.2, 0.25) is 0 Å². The highest BCUT2D eigenvalue weighted by Crippen LogP contribution is 2.26. The van der Waals surface area contributed by atoms with Crippen molar-refractivity contribution >= 4 is 17.2 Å². The number of imidazole rings is 1. The number of pyridine rings is 1. The van der Waals surface area contributed by atoms with Gasteiger partial charge in [-0.05, 0) is 57.0 Å². The smallest absolute Gasteiger partial charge is 0.274 e. The summed E-state index contributed by atoms with van der Waals surface area (Å²) in [5.41, 5.74) is 3.98. The standard InChI is InChI=1S/C21H25N3O2/c1-5-8-17-20(24-12-11-15(4)13-19(24)22-17)21(25)23-16-9-6-7-10-18(16)26-14(2)3/h6-7,9-14H,5,8H2,1-4H3,(H,23,25). The van der Waals surface area contributed by atoms with Gasteiger partial charge in [0.1, 0.15) is 17.1 Å². The monoisotopic (exact) mass is 351 g/mol. The Bertz CT molecular complexity index is 928. The van der Waals surface area contributed by atoms with Gasteiger partial charge in [-0.15, -0.1) is 0 Å². The number of aryl methyl sites for hydroxylation is 2. The molecule has 0 aliphatic heterocycles. The van der Waals surface area contributed by atoms with E-state index in [1.807, 2.05) is 67.8 Å². The van der Waals surface area contributed by atoms with E-state index in [0.29, 0.717) is 17.1 Å². The van der Waals surface area contributed by atoms with E-state index in [2.05, 4.69) is 17.2 Å². The van der Waals surface area contributed by atoms with Crippen molar-refractivity contribution in [3.8, 4) is 5.75 Å². The van der Waals surface area contributed by atoms with Crippen molar-refractivity contribution < 1.29 is 9.53 Å². The predicted octanol–water partition coefficient (Wildman–Crippen LogP) is 4.63. The van der Waals surface area contributed by atoms with Gasteiger partial charge in [-0.2, -0.15) is 0 Å². The van der Waals surface area contributed by atoms with Crippen molar-refractivity contribution in [2.24, 2.45) is 0 Å². The molecule has 2 aromatic heterocycles. The molecule has 136 valence electrons. The fourth-order valence-corrected chi connectivity index (χ4v) is 2.95. The summed E-state index contributed by atoms with van der Waals surface area (Å²) >= 11 is 0. The molecule has 0 saturated carbocycles. The third-order valence-electron chi connectivity index (χ3n) is 4.05. The largest absolute Gasteiger partial charge is 0.489 e. The van der Waals surface area contributed by atoms with Gasteiger partial charge in [0.05, 0.1) is 17.5 Å². The first-order valence-corrected chi connectivity index (χ1v) is 9.04. The van der Waals surface area contributed by atoms with Gasteiger partial charge in [0.25, 0.3) is 5.91 Å². The van der Waals surface area contributed by atoms with E-state index >= 15 is 0 Å². The highest BCUT2D eigenvalue weighted by molar-refractivity contribution is 6.05.